The largest absolute Gasteiger partial charge is 0.497 e. The molecule has 0 fully saturated rings. The molecule has 15 heavy (non-hydrogen) atoms. The van der Waals surface area contributed by atoms with Crippen molar-refractivity contribution in [2.24, 2.45) is 4.99 Å². The minimum Gasteiger partial charge on any atom is -0.497 e. The molecular weight excluding hydrogens is 186 g/mol. The number of ether oxygens (including phenoxy) is 1. The summed E-state index contributed by atoms with van der Waals surface area (Å²) in [6.45, 7) is 6.30. The van der Waals surface area contributed by atoms with Crippen LogP contribution in [0.25, 0.3) is 0 Å². The molecule has 0 aliphatic carbocycles. The van der Waals surface area contributed by atoms with Gasteiger partial charge in [0.15, 0.2) is 0 Å². The summed E-state index contributed by atoms with van der Waals surface area (Å²) in [5.41, 5.74) is 3.38. The lowest BCUT2D eigenvalue weighted by Crippen LogP contribution is -1.90. The Morgan fingerprint density at radius 1 is 1.40 bits per heavy atom. The second-order valence-electron chi connectivity index (χ2n) is 3.75. The van der Waals surface area contributed by atoms with E-state index in [4.69, 9.17) is 4.74 Å². The average molecular weight is 205 g/mol. The molecule has 0 bridgehead atoms. The van der Waals surface area contributed by atoms with Crippen LogP contribution in [-0.4, -0.2) is 12.8 Å². The molecule has 0 aromatic heterocycles. The third-order valence-corrected chi connectivity index (χ3v) is 2.34. The Labute approximate surface area is 92.0 Å². The minimum atomic E-state index is 0.864. The Balaban J connectivity index is 2.97. The molecule has 0 aliphatic heterocycles. The van der Waals surface area contributed by atoms with Crippen LogP contribution < -0.4 is 4.74 Å². The summed E-state index contributed by atoms with van der Waals surface area (Å²) in [6, 6.07) is 5.98. The third kappa shape index (κ3) is 3.39. The van der Waals surface area contributed by atoms with Crippen molar-refractivity contribution >= 4 is 11.4 Å². The number of aliphatic imine (C=N–C) groups is 1. The molecule has 0 unspecified atom stereocenters. The van der Waals surface area contributed by atoms with Crippen molar-refractivity contribution in [2.75, 3.05) is 7.11 Å². The van der Waals surface area contributed by atoms with Crippen molar-refractivity contribution in [1.82, 2.24) is 0 Å². The lowest BCUT2D eigenvalue weighted by molar-refractivity contribution is 0.415. The normalized spacial score (nSPS) is 11.6. The van der Waals surface area contributed by atoms with Gasteiger partial charge in [0, 0.05) is 11.8 Å². The molecule has 0 spiro atoms. The smallest absolute Gasteiger partial charge is 0.121 e. The zero-order valence-corrected chi connectivity index (χ0v) is 10.0. The number of nitrogens with zero attached hydrogens (tertiary/aromatic N) is 1. The van der Waals surface area contributed by atoms with Crippen molar-refractivity contribution in [3.8, 4) is 5.75 Å². The van der Waals surface area contributed by atoms with Crippen molar-refractivity contribution in [1.29, 1.82) is 0 Å². The second-order valence-corrected chi connectivity index (χ2v) is 3.75. The van der Waals surface area contributed by atoms with Crippen LogP contribution in [0.5, 0.6) is 5.75 Å². The SMILES string of the molecule is CCCC(C)=Nc1cc(OC)ccc1C. The zero-order chi connectivity index (χ0) is 11.3. The summed E-state index contributed by atoms with van der Waals surface area (Å²) in [4.78, 5) is 4.59. The lowest BCUT2D eigenvalue weighted by atomic mass is 10.2. The number of rotatable bonds is 4. The predicted molar refractivity (Wildman–Crippen MR) is 65.4 cm³/mol. The number of hydrogen-bond donors (Lipinski definition) is 0. The minimum absolute atomic E-state index is 0.864. The van der Waals surface area contributed by atoms with Crippen LogP contribution >= 0.6 is 0 Å². The number of hydrogen-bond acceptors (Lipinski definition) is 2. The molecule has 0 atom stereocenters. The van der Waals surface area contributed by atoms with Gasteiger partial charge in [0.2, 0.25) is 0 Å². The molecular formula is C13H19NO. The number of benzene rings is 1. The summed E-state index contributed by atoms with van der Waals surface area (Å²) in [5, 5.41) is 0. The molecule has 0 saturated heterocycles. The molecule has 1 aromatic carbocycles. The topological polar surface area (TPSA) is 21.6 Å². The summed E-state index contributed by atoms with van der Waals surface area (Å²) in [6.07, 6.45) is 2.19. The highest BCUT2D eigenvalue weighted by atomic mass is 16.5. The van der Waals surface area contributed by atoms with Crippen LogP contribution in [0.15, 0.2) is 23.2 Å². The maximum absolute atomic E-state index is 5.18. The fourth-order valence-corrected chi connectivity index (χ4v) is 1.46. The van der Waals surface area contributed by atoms with Gasteiger partial charge >= 0.3 is 0 Å². The lowest BCUT2D eigenvalue weighted by Gasteiger charge is -2.05. The first-order valence-electron chi connectivity index (χ1n) is 5.36. The first-order chi connectivity index (χ1) is 7.17. The Bertz CT molecular complexity index is 356. The molecule has 0 saturated carbocycles. The average Bonchev–Trinajstić information content (AvgIpc) is 2.21. The van der Waals surface area contributed by atoms with Crippen LogP contribution in [0.1, 0.15) is 32.3 Å². The number of methoxy groups -OCH3 is 1. The van der Waals surface area contributed by atoms with Crippen molar-refractivity contribution in [3.63, 3.8) is 0 Å². The summed E-state index contributed by atoms with van der Waals surface area (Å²) in [7, 11) is 1.68. The summed E-state index contributed by atoms with van der Waals surface area (Å²) >= 11 is 0. The molecule has 2 heteroatoms. The highest BCUT2D eigenvalue weighted by Gasteiger charge is 1.99. The molecule has 0 radical (unpaired) electrons. The van der Waals surface area contributed by atoms with Gasteiger partial charge in [-0.25, -0.2) is 0 Å². The number of aryl methyl sites for hydroxylation is 1. The van der Waals surface area contributed by atoms with Crippen molar-refractivity contribution in [3.05, 3.63) is 23.8 Å². The third-order valence-electron chi connectivity index (χ3n) is 2.34. The van der Waals surface area contributed by atoms with Crippen molar-refractivity contribution in [2.45, 2.75) is 33.6 Å². The van der Waals surface area contributed by atoms with Gasteiger partial charge in [-0.15, -0.1) is 0 Å². The molecule has 0 aliphatic rings. The van der Waals surface area contributed by atoms with E-state index in [-0.39, 0.29) is 0 Å². The van der Waals surface area contributed by atoms with Gasteiger partial charge in [0.1, 0.15) is 5.75 Å². The highest BCUT2D eigenvalue weighted by Crippen LogP contribution is 2.24. The van der Waals surface area contributed by atoms with Crippen LogP contribution in [0.4, 0.5) is 5.69 Å². The Hall–Kier alpha value is -1.31. The fourth-order valence-electron chi connectivity index (χ4n) is 1.46. The monoisotopic (exact) mass is 205 g/mol. The van der Waals surface area contributed by atoms with Crippen molar-refractivity contribution < 1.29 is 4.74 Å². The summed E-state index contributed by atoms with van der Waals surface area (Å²) < 4.78 is 5.18. The van der Waals surface area contributed by atoms with Crippen LogP contribution in [0, 0.1) is 6.92 Å². The maximum atomic E-state index is 5.18. The van der Waals surface area contributed by atoms with Gasteiger partial charge in [0.25, 0.3) is 0 Å². The van der Waals surface area contributed by atoms with E-state index < -0.39 is 0 Å². The van der Waals surface area contributed by atoms with E-state index in [0.29, 0.717) is 0 Å². The van der Waals surface area contributed by atoms with Gasteiger partial charge in [-0.1, -0.05) is 19.4 Å². The molecule has 0 N–H and O–H groups in total. The summed E-state index contributed by atoms with van der Waals surface area (Å²) in [5.74, 6) is 0.864. The maximum Gasteiger partial charge on any atom is 0.121 e. The molecule has 0 amide bonds. The van der Waals surface area contributed by atoms with Gasteiger partial charge in [-0.05, 0) is 31.9 Å². The Morgan fingerprint density at radius 2 is 2.13 bits per heavy atom. The van der Waals surface area contributed by atoms with E-state index in [1.165, 1.54) is 11.3 Å². The quantitative estimate of drug-likeness (QED) is 0.683. The highest BCUT2D eigenvalue weighted by molar-refractivity contribution is 5.85. The molecule has 2 nitrogen and oxygen atoms in total. The molecule has 0 heterocycles. The Kier molecular flexibility index (Phi) is 4.35. The van der Waals surface area contributed by atoms with Gasteiger partial charge in [0.05, 0.1) is 12.8 Å². The van der Waals surface area contributed by atoms with E-state index >= 15 is 0 Å². The van der Waals surface area contributed by atoms with Gasteiger partial charge in [-0.3, -0.25) is 4.99 Å². The first-order valence-corrected chi connectivity index (χ1v) is 5.36. The van der Waals surface area contributed by atoms with E-state index in [0.717, 1.165) is 24.3 Å². The van der Waals surface area contributed by atoms with Gasteiger partial charge < -0.3 is 4.74 Å². The van der Waals surface area contributed by atoms with E-state index in [1.807, 2.05) is 18.2 Å². The van der Waals surface area contributed by atoms with Crippen LogP contribution in [0.2, 0.25) is 0 Å². The van der Waals surface area contributed by atoms with Gasteiger partial charge in [-0.2, -0.15) is 0 Å². The van der Waals surface area contributed by atoms with Crippen LogP contribution in [0.3, 0.4) is 0 Å². The zero-order valence-electron chi connectivity index (χ0n) is 10.0. The van der Waals surface area contributed by atoms with E-state index in [9.17, 15) is 0 Å². The van der Waals surface area contributed by atoms with Crippen LogP contribution in [-0.2, 0) is 0 Å². The van der Waals surface area contributed by atoms with E-state index in [2.05, 4.69) is 25.8 Å². The standard InChI is InChI=1S/C13H19NO/c1-5-6-11(3)14-13-9-12(15-4)8-7-10(13)2/h7-9H,5-6H2,1-4H3. The molecule has 1 rings (SSSR count). The predicted octanol–water partition coefficient (Wildman–Crippen LogP) is 3.90. The molecule has 82 valence electrons. The second kappa shape index (κ2) is 5.54. The first kappa shape index (κ1) is 11.8. The Morgan fingerprint density at radius 3 is 2.73 bits per heavy atom. The molecule has 1 aromatic rings. The van der Waals surface area contributed by atoms with E-state index in [1.54, 1.807) is 7.11 Å². The fraction of sp³-hybridized carbons (Fsp3) is 0.462.